The number of hydrogen-bond acceptors (Lipinski definition) is 5. The molecule has 0 amide bonds. The van der Waals surface area contributed by atoms with E-state index >= 15 is 0 Å². The summed E-state index contributed by atoms with van der Waals surface area (Å²) < 4.78 is 16.3. The van der Waals surface area contributed by atoms with Gasteiger partial charge in [0.05, 0.1) is 12.2 Å². The van der Waals surface area contributed by atoms with Crippen LogP contribution in [0.5, 0.6) is 0 Å². The number of carbonyl (C=O) groups excluding carboxylic acids is 1. The molecule has 100 valence electrons. The molecule has 0 aromatic heterocycles. The van der Waals surface area contributed by atoms with Crippen LogP contribution in [0.25, 0.3) is 0 Å². The minimum Gasteiger partial charge on any atom is -0.388 e. The monoisotopic (exact) mass is 246 g/mol. The molecule has 1 fully saturated rings. The molecule has 0 aromatic carbocycles. The summed E-state index contributed by atoms with van der Waals surface area (Å²) in [5, 5.41) is 9.96. The van der Waals surface area contributed by atoms with Gasteiger partial charge in [0.2, 0.25) is 0 Å². The standard InChI is InChI=1S/C12H22O5/c1-11(2,3)15-7-8(14)10-9(6-13)16-12(4,5)17-10/h6,8-10,14H,7H2,1-5H3/t8-,9+,10-/m1/s1. The van der Waals surface area contributed by atoms with E-state index in [2.05, 4.69) is 0 Å². The van der Waals surface area contributed by atoms with Crippen molar-refractivity contribution in [2.24, 2.45) is 0 Å². The molecule has 1 aliphatic rings. The number of ether oxygens (including phenoxy) is 3. The molecule has 1 rings (SSSR count). The lowest BCUT2D eigenvalue weighted by atomic mass is 10.1. The third-order valence-electron chi connectivity index (χ3n) is 2.36. The molecule has 3 atom stereocenters. The lowest BCUT2D eigenvalue weighted by Crippen LogP contribution is -2.40. The van der Waals surface area contributed by atoms with Crippen LogP contribution < -0.4 is 0 Å². The first kappa shape index (κ1) is 14.6. The van der Waals surface area contributed by atoms with Gasteiger partial charge in [-0.05, 0) is 34.6 Å². The van der Waals surface area contributed by atoms with Crippen molar-refractivity contribution in [1.29, 1.82) is 0 Å². The normalized spacial score (nSPS) is 30.2. The molecular formula is C12H22O5. The fraction of sp³-hybridized carbons (Fsp3) is 0.917. The fourth-order valence-electron chi connectivity index (χ4n) is 1.65. The summed E-state index contributed by atoms with van der Waals surface area (Å²) in [5.74, 6) is -0.848. The van der Waals surface area contributed by atoms with Gasteiger partial charge >= 0.3 is 0 Å². The quantitative estimate of drug-likeness (QED) is 0.746. The molecule has 1 aliphatic heterocycles. The lowest BCUT2D eigenvalue weighted by molar-refractivity contribution is -0.163. The Morgan fingerprint density at radius 2 is 2.00 bits per heavy atom. The molecule has 1 saturated heterocycles. The van der Waals surface area contributed by atoms with E-state index in [1.807, 2.05) is 20.8 Å². The van der Waals surface area contributed by atoms with Crippen molar-refractivity contribution >= 4 is 6.29 Å². The third-order valence-corrected chi connectivity index (χ3v) is 2.36. The molecule has 1 N–H and O–H groups in total. The number of aliphatic hydroxyl groups is 1. The Morgan fingerprint density at radius 3 is 2.47 bits per heavy atom. The Balaban J connectivity index is 2.56. The number of aliphatic hydroxyl groups excluding tert-OH is 1. The highest BCUT2D eigenvalue weighted by atomic mass is 16.8. The second-order valence-electron chi connectivity index (χ2n) is 5.69. The van der Waals surface area contributed by atoms with Crippen molar-refractivity contribution < 1.29 is 24.1 Å². The zero-order valence-electron chi connectivity index (χ0n) is 11.1. The summed E-state index contributed by atoms with van der Waals surface area (Å²) in [6.45, 7) is 9.21. The van der Waals surface area contributed by atoms with Gasteiger partial charge in [-0.1, -0.05) is 0 Å². The third kappa shape index (κ3) is 4.35. The summed E-state index contributed by atoms with van der Waals surface area (Å²) in [4.78, 5) is 10.9. The molecule has 0 aromatic rings. The minimum absolute atomic E-state index is 0.109. The predicted octanol–water partition coefficient (Wildman–Crippen LogP) is 0.881. The van der Waals surface area contributed by atoms with Crippen molar-refractivity contribution in [1.82, 2.24) is 0 Å². The van der Waals surface area contributed by atoms with E-state index in [1.165, 1.54) is 0 Å². The van der Waals surface area contributed by atoms with Gasteiger partial charge in [-0.3, -0.25) is 0 Å². The van der Waals surface area contributed by atoms with Gasteiger partial charge in [0.1, 0.15) is 18.3 Å². The van der Waals surface area contributed by atoms with E-state index < -0.39 is 24.1 Å². The van der Waals surface area contributed by atoms with Crippen LogP contribution >= 0.6 is 0 Å². The van der Waals surface area contributed by atoms with Gasteiger partial charge in [-0.25, -0.2) is 0 Å². The van der Waals surface area contributed by atoms with E-state index in [4.69, 9.17) is 14.2 Å². The van der Waals surface area contributed by atoms with Crippen LogP contribution in [0, 0.1) is 0 Å². The molecule has 0 unspecified atom stereocenters. The highest BCUT2D eigenvalue weighted by Crippen LogP contribution is 2.29. The first-order valence-corrected chi connectivity index (χ1v) is 5.77. The second kappa shape index (κ2) is 5.02. The number of hydrogen-bond donors (Lipinski definition) is 1. The largest absolute Gasteiger partial charge is 0.388 e. The Bertz CT molecular complexity index is 269. The first-order chi connectivity index (χ1) is 7.64. The molecule has 0 bridgehead atoms. The number of carbonyl (C=O) groups is 1. The molecule has 0 saturated carbocycles. The molecule has 0 aliphatic carbocycles. The minimum atomic E-state index is -0.883. The average molecular weight is 246 g/mol. The highest BCUT2D eigenvalue weighted by Gasteiger charge is 2.44. The van der Waals surface area contributed by atoms with E-state index in [-0.39, 0.29) is 12.2 Å². The maximum Gasteiger partial charge on any atom is 0.164 e. The summed E-state index contributed by atoms with van der Waals surface area (Å²) in [6, 6.07) is 0. The van der Waals surface area contributed by atoms with Gasteiger partial charge in [0, 0.05) is 0 Å². The van der Waals surface area contributed by atoms with Crippen molar-refractivity contribution in [2.45, 2.75) is 64.3 Å². The van der Waals surface area contributed by atoms with Crippen LogP contribution in [0.4, 0.5) is 0 Å². The SMILES string of the molecule is CC(C)(C)OC[C@@H](O)[C@H]1OC(C)(C)O[C@H]1C=O. The van der Waals surface area contributed by atoms with Crippen LogP contribution in [0.3, 0.4) is 0 Å². The summed E-state index contributed by atoms with van der Waals surface area (Å²) in [6.07, 6.45) is -1.65. The van der Waals surface area contributed by atoms with Gasteiger partial charge < -0.3 is 24.1 Å². The van der Waals surface area contributed by atoms with Crippen molar-refractivity contribution in [3.05, 3.63) is 0 Å². The summed E-state index contributed by atoms with van der Waals surface area (Å²) >= 11 is 0. The van der Waals surface area contributed by atoms with Crippen LogP contribution in [0.15, 0.2) is 0 Å². The van der Waals surface area contributed by atoms with E-state index in [0.29, 0.717) is 6.29 Å². The topological polar surface area (TPSA) is 65.0 Å². The zero-order valence-corrected chi connectivity index (χ0v) is 11.1. The van der Waals surface area contributed by atoms with Crippen LogP contribution in [0.2, 0.25) is 0 Å². The number of rotatable bonds is 4. The Morgan fingerprint density at radius 1 is 1.41 bits per heavy atom. The maximum absolute atomic E-state index is 10.9. The van der Waals surface area contributed by atoms with E-state index in [0.717, 1.165) is 0 Å². The molecule has 5 heteroatoms. The summed E-state index contributed by atoms with van der Waals surface area (Å²) in [7, 11) is 0. The van der Waals surface area contributed by atoms with E-state index in [9.17, 15) is 9.90 Å². The Labute approximate surface area is 102 Å². The van der Waals surface area contributed by atoms with Gasteiger partial charge in [-0.2, -0.15) is 0 Å². The molecular weight excluding hydrogens is 224 g/mol. The number of aldehydes is 1. The van der Waals surface area contributed by atoms with Crippen molar-refractivity contribution in [2.75, 3.05) is 6.61 Å². The fourth-order valence-corrected chi connectivity index (χ4v) is 1.65. The van der Waals surface area contributed by atoms with Crippen LogP contribution in [0.1, 0.15) is 34.6 Å². The average Bonchev–Trinajstić information content (AvgIpc) is 2.49. The molecule has 5 nitrogen and oxygen atoms in total. The molecule has 17 heavy (non-hydrogen) atoms. The van der Waals surface area contributed by atoms with Crippen LogP contribution in [-0.2, 0) is 19.0 Å². The van der Waals surface area contributed by atoms with Crippen molar-refractivity contribution in [3.63, 3.8) is 0 Å². The molecule has 0 radical (unpaired) electrons. The Hall–Kier alpha value is -0.490. The zero-order chi connectivity index (χ0) is 13.3. The summed E-state index contributed by atoms with van der Waals surface area (Å²) in [5.41, 5.74) is -0.341. The van der Waals surface area contributed by atoms with Crippen LogP contribution in [-0.4, -0.2) is 47.7 Å². The highest BCUT2D eigenvalue weighted by molar-refractivity contribution is 5.58. The second-order valence-corrected chi connectivity index (χ2v) is 5.69. The molecule has 1 heterocycles. The molecule has 0 spiro atoms. The lowest BCUT2D eigenvalue weighted by Gasteiger charge is -2.25. The predicted molar refractivity (Wildman–Crippen MR) is 61.6 cm³/mol. The van der Waals surface area contributed by atoms with E-state index in [1.54, 1.807) is 13.8 Å². The van der Waals surface area contributed by atoms with Crippen molar-refractivity contribution in [3.8, 4) is 0 Å². The van der Waals surface area contributed by atoms with Gasteiger partial charge in [-0.15, -0.1) is 0 Å². The van der Waals surface area contributed by atoms with Gasteiger partial charge in [0.25, 0.3) is 0 Å². The Kier molecular flexibility index (Phi) is 4.30. The first-order valence-electron chi connectivity index (χ1n) is 5.77. The smallest absolute Gasteiger partial charge is 0.164 e. The maximum atomic E-state index is 10.9. The van der Waals surface area contributed by atoms with Gasteiger partial charge in [0.15, 0.2) is 12.1 Å².